The normalized spacial score (nSPS) is 10.1. The summed E-state index contributed by atoms with van der Waals surface area (Å²) >= 11 is 3.05. The van der Waals surface area contributed by atoms with E-state index in [1.54, 1.807) is 11.3 Å². The molecule has 0 aromatic carbocycles. The van der Waals surface area contributed by atoms with Crippen molar-refractivity contribution >= 4 is 42.4 Å². The summed E-state index contributed by atoms with van der Waals surface area (Å²) in [6, 6.07) is 0. The second kappa shape index (κ2) is 6.47. The first-order valence-corrected chi connectivity index (χ1v) is 7.49. The molecular formula is C9H12NO2PoS. The van der Waals surface area contributed by atoms with E-state index >= 15 is 0 Å². The SMILES string of the molecule is Cc1ncsc1CCC(=O)OC[CH2][Po]. The van der Waals surface area contributed by atoms with Gasteiger partial charge in [0.05, 0.1) is 0 Å². The van der Waals surface area contributed by atoms with Crippen LogP contribution < -0.4 is 0 Å². The van der Waals surface area contributed by atoms with Crippen LogP contribution in [-0.2, 0) is 16.0 Å². The molecule has 1 aromatic rings. The third kappa shape index (κ3) is 4.02. The molecule has 1 heterocycles. The second-order valence-corrected chi connectivity index (χ2v) is 5.31. The third-order valence-electron chi connectivity index (χ3n) is 1.75. The summed E-state index contributed by atoms with van der Waals surface area (Å²) in [5.74, 6) is -0.0981. The first kappa shape index (κ1) is 12.1. The summed E-state index contributed by atoms with van der Waals surface area (Å²) < 4.78 is 5.96. The second-order valence-electron chi connectivity index (χ2n) is 2.79. The van der Waals surface area contributed by atoms with Gasteiger partial charge in [0, 0.05) is 0 Å². The molecule has 0 aliphatic carbocycles. The van der Waals surface area contributed by atoms with Gasteiger partial charge in [-0.2, -0.15) is 0 Å². The molecule has 1 radical (unpaired) electrons. The Morgan fingerprint density at radius 3 is 3.07 bits per heavy atom. The number of rotatable bonds is 5. The van der Waals surface area contributed by atoms with Gasteiger partial charge in [0.25, 0.3) is 0 Å². The number of carbonyl (C=O) groups is 1. The van der Waals surface area contributed by atoms with Crippen LogP contribution >= 0.6 is 11.3 Å². The van der Waals surface area contributed by atoms with Crippen molar-refractivity contribution in [3.05, 3.63) is 16.1 Å². The van der Waals surface area contributed by atoms with Gasteiger partial charge in [0.15, 0.2) is 0 Å². The Balaban J connectivity index is 2.27. The number of hydrogen-bond donors (Lipinski definition) is 0. The summed E-state index contributed by atoms with van der Waals surface area (Å²) in [4.78, 5) is 16.5. The molecule has 0 bridgehead atoms. The van der Waals surface area contributed by atoms with Crippen LogP contribution in [0.5, 0.6) is 0 Å². The minimum absolute atomic E-state index is 0.0981. The Bertz CT molecular complexity index is 301. The Kier molecular flexibility index (Phi) is 5.58. The van der Waals surface area contributed by atoms with E-state index in [1.807, 2.05) is 12.4 Å². The first-order valence-electron chi connectivity index (χ1n) is 4.36. The van der Waals surface area contributed by atoms with Crippen molar-refractivity contribution in [1.82, 2.24) is 4.98 Å². The number of aromatic nitrogens is 1. The summed E-state index contributed by atoms with van der Waals surface area (Å²) in [7, 11) is 0. The van der Waals surface area contributed by atoms with Crippen molar-refractivity contribution < 1.29 is 9.53 Å². The van der Waals surface area contributed by atoms with Crippen LogP contribution in [0.15, 0.2) is 5.51 Å². The molecule has 0 saturated heterocycles. The zero-order valence-electron chi connectivity index (χ0n) is 7.99. The van der Waals surface area contributed by atoms with Crippen LogP contribution in [-0.4, -0.2) is 42.6 Å². The van der Waals surface area contributed by atoms with Gasteiger partial charge in [-0.05, 0) is 0 Å². The monoisotopic (exact) mass is 407 g/mol. The maximum atomic E-state index is 11.2. The molecular weight excluding hydrogens is 395 g/mol. The topological polar surface area (TPSA) is 39.2 Å². The van der Waals surface area contributed by atoms with Crippen LogP contribution in [0, 0.1) is 6.92 Å². The summed E-state index contributed by atoms with van der Waals surface area (Å²) in [5.41, 5.74) is 2.84. The fourth-order valence-corrected chi connectivity index (χ4v) is 2.11. The molecule has 1 rings (SSSR count). The van der Waals surface area contributed by atoms with Crippen LogP contribution in [0.4, 0.5) is 0 Å². The van der Waals surface area contributed by atoms with E-state index in [-0.39, 0.29) is 5.97 Å². The number of hydrogen-bond acceptors (Lipinski definition) is 4. The Morgan fingerprint density at radius 2 is 2.50 bits per heavy atom. The van der Waals surface area contributed by atoms with Crippen LogP contribution in [0.3, 0.4) is 0 Å². The van der Waals surface area contributed by atoms with Crippen LogP contribution in [0.1, 0.15) is 17.0 Å². The van der Waals surface area contributed by atoms with Crippen molar-refractivity contribution in [1.29, 1.82) is 0 Å². The number of carbonyl (C=O) groups excluding carboxylic acids is 1. The van der Waals surface area contributed by atoms with Gasteiger partial charge in [-0.3, -0.25) is 0 Å². The molecule has 0 aliphatic heterocycles. The molecule has 0 aliphatic rings. The van der Waals surface area contributed by atoms with Crippen molar-refractivity contribution in [3.63, 3.8) is 0 Å². The molecule has 0 atom stereocenters. The Hall–Kier alpha value is -0.00390. The first-order chi connectivity index (χ1) is 6.74. The van der Waals surface area contributed by atoms with Crippen LogP contribution in [0.25, 0.3) is 0 Å². The molecule has 5 heteroatoms. The number of nitrogens with zero attached hydrogens (tertiary/aromatic N) is 1. The molecule has 77 valence electrons. The standard InChI is InChI=1S/C9H12NO2S.Po/c1-3-12-9(11)5-4-8-7(2)10-6-13-8;/h6H,1,3-5H2,2H3;. The van der Waals surface area contributed by atoms with Crippen LogP contribution in [0.2, 0.25) is 4.08 Å². The van der Waals surface area contributed by atoms with Gasteiger partial charge in [-0.15, -0.1) is 0 Å². The zero-order valence-corrected chi connectivity index (χ0v) is 12.0. The van der Waals surface area contributed by atoms with E-state index in [0.717, 1.165) is 16.2 Å². The van der Waals surface area contributed by atoms with E-state index in [0.29, 0.717) is 13.0 Å². The van der Waals surface area contributed by atoms with Gasteiger partial charge in [0.1, 0.15) is 0 Å². The number of esters is 1. The quantitative estimate of drug-likeness (QED) is 0.695. The van der Waals surface area contributed by atoms with E-state index < -0.39 is 0 Å². The molecule has 0 spiro atoms. The fraction of sp³-hybridized carbons (Fsp3) is 0.556. The minimum atomic E-state index is -0.0981. The van der Waals surface area contributed by atoms with Crippen molar-refractivity contribution in [3.8, 4) is 0 Å². The molecule has 3 nitrogen and oxygen atoms in total. The van der Waals surface area contributed by atoms with Gasteiger partial charge >= 0.3 is 103 Å². The van der Waals surface area contributed by atoms with Gasteiger partial charge in [0.2, 0.25) is 0 Å². The van der Waals surface area contributed by atoms with E-state index in [4.69, 9.17) is 4.74 Å². The van der Waals surface area contributed by atoms with Gasteiger partial charge < -0.3 is 0 Å². The summed E-state index contributed by atoms with van der Waals surface area (Å²) in [5, 5.41) is 0. The zero-order chi connectivity index (χ0) is 10.4. The van der Waals surface area contributed by atoms with E-state index in [9.17, 15) is 4.79 Å². The summed E-state index contributed by atoms with van der Waals surface area (Å²) in [6.45, 7) is 2.53. The van der Waals surface area contributed by atoms with Gasteiger partial charge in [-0.25, -0.2) is 0 Å². The third-order valence-corrected chi connectivity index (χ3v) is 3.39. The number of aryl methyl sites for hydroxylation is 2. The Labute approximate surface area is 103 Å². The van der Waals surface area contributed by atoms with Crippen molar-refractivity contribution in [2.75, 3.05) is 6.61 Å². The van der Waals surface area contributed by atoms with Gasteiger partial charge in [-0.1, -0.05) is 0 Å². The molecule has 0 amide bonds. The average molecular weight is 407 g/mol. The predicted octanol–water partition coefficient (Wildman–Crippen LogP) is 1.51. The number of ether oxygens (including phenoxy) is 1. The van der Waals surface area contributed by atoms with E-state index in [1.165, 1.54) is 29.9 Å². The fourth-order valence-electron chi connectivity index (χ4n) is 1.01. The molecule has 0 N–H and O–H groups in total. The summed E-state index contributed by atoms with van der Waals surface area (Å²) in [6.07, 6.45) is 1.23. The Morgan fingerprint density at radius 1 is 1.71 bits per heavy atom. The van der Waals surface area contributed by atoms with E-state index in [2.05, 4.69) is 4.98 Å². The molecule has 1 aromatic heterocycles. The average Bonchev–Trinajstić information content (AvgIpc) is 2.58. The number of thiazole rings is 1. The molecule has 14 heavy (non-hydrogen) atoms. The van der Waals surface area contributed by atoms with Crippen molar-refractivity contribution in [2.24, 2.45) is 0 Å². The molecule has 0 unspecified atom stereocenters. The molecule has 0 saturated carbocycles. The van der Waals surface area contributed by atoms with Crippen molar-refractivity contribution in [2.45, 2.75) is 23.8 Å². The molecule has 0 fully saturated rings. The maximum absolute atomic E-state index is 11.2. The predicted molar refractivity (Wildman–Crippen MR) is 56.7 cm³/mol.